The van der Waals surface area contributed by atoms with Gasteiger partial charge < -0.3 is 9.88 Å². The van der Waals surface area contributed by atoms with Crippen LogP contribution in [-0.2, 0) is 13.7 Å². The fraction of sp³-hybridized carbons (Fsp3) is 0.158. The molecule has 0 aliphatic carbocycles. The number of anilines is 1. The van der Waals surface area contributed by atoms with Gasteiger partial charge >= 0.3 is 0 Å². The van der Waals surface area contributed by atoms with Crippen LogP contribution in [0.3, 0.4) is 0 Å². The minimum atomic E-state index is -0.0596. The zero-order chi connectivity index (χ0) is 17.4. The van der Waals surface area contributed by atoms with Gasteiger partial charge in [-0.05, 0) is 31.2 Å². The fourth-order valence-corrected chi connectivity index (χ4v) is 3.07. The van der Waals surface area contributed by atoms with E-state index in [-0.39, 0.29) is 5.56 Å². The third-order valence-corrected chi connectivity index (χ3v) is 4.51. The number of rotatable bonds is 4. The van der Waals surface area contributed by atoms with Crippen molar-refractivity contribution in [2.45, 2.75) is 13.6 Å². The SMILES string of the molecule is Cc1c(NCn2cnc3ccccc32)c(=O)n(-c2ccccc2)n1C. The summed E-state index contributed by atoms with van der Waals surface area (Å²) in [5, 5.41) is 3.28. The molecular weight excluding hydrogens is 314 g/mol. The van der Waals surface area contributed by atoms with Gasteiger partial charge in [0.2, 0.25) is 0 Å². The largest absolute Gasteiger partial charge is 0.361 e. The summed E-state index contributed by atoms with van der Waals surface area (Å²) in [6.45, 7) is 2.42. The monoisotopic (exact) mass is 333 g/mol. The van der Waals surface area contributed by atoms with Crippen molar-refractivity contribution in [2.24, 2.45) is 7.05 Å². The maximum Gasteiger partial charge on any atom is 0.295 e. The number of fused-ring (bicyclic) bond motifs is 1. The fourth-order valence-electron chi connectivity index (χ4n) is 3.07. The van der Waals surface area contributed by atoms with Gasteiger partial charge in [0.05, 0.1) is 35.4 Å². The van der Waals surface area contributed by atoms with Gasteiger partial charge in [-0.3, -0.25) is 9.48 Å². The van der Waals surface area contributed by atoms with Crippen molar-refractivity contribution in [1.29, 1.82) is 0 Å². The van der Waals surface area contributed by atoms with Crippen LogP contribution in [0.2, 0.25) is 0 Å². The van der Waals surface area contributed by atoms with Crippen molar-refractivity contribution in [3.8, 4) is 5.69 Å². The van der Waals surface area contributed by atoms with E-state index in [0.29, 0.717) is 12.4 Å². The number of para-hydroxylation sites is 3. The molecule has 2 aromatic heterocycles. The van der Waals surface area contributed by atoms with Crippen molar-refractivity contribution in [3.63, 3.8) is 0 Å². The molecule has 0 saturated carbocycles. The van der Waals surface area contributed by atoms with Crippen molar-refractivity contribution in [2.75, 3.05) is 5.32 Å². The summed E-state index contributed by atoms with van der Waals surface area (Å²) in [7, 11) is 1.89. The van der Waals surface area contributed by atoms with Gasteiger partial charge in [0.1, 0.15) is 5.69 Å². The van der Waals surface area contributed by atoms with E-state index in [4.69, 9.17) is 0 Å². The van der Waals surface area contributed by atoms with Crippen LogP contribution in [0.1, 0.15) is 5.69 Å². The average molecular weight is 333 g/mol. The number of benzene rings is 2. The molecular formula is C19H19N5O. The molecule has 0 spiro atoms. The first-order chi connectivity index (χ1) is 12.2. The van der Waals surface area contributed by atoms with Crippen molar-refractivity contribution >= 4 is 16.7 Å². The lowest BCUT2D eigenvalue weighted by Gasteiger charge is -2.07. The van der Waals surface area contributed by atoms with Gasteiger partial charge in [0.25, 0.3) is 5.56 Å². The lowest BCUT2D eigenvalue weighted by Crippen LogP contribution is -2.21. The summed E-state index contributed by atoms with van der Waals surface area (Å²) >= 11 is 0. The van der Waals surface area contributed by atoms with Crippen molar-refractivity contribution in [3.05, 3.63) is 77.0 Å². The number of aromatic nitrogens is 4. The standard InChI is InChI=1S/C19H19N5O/c1-14-18(19(25)24(22(14)2)15-8-4-3-5-9-15)21-13-23-12-20-16-10-6-7-11-17(16)23/h3-12,21H,13H2,1-2H3. The normalized spacial score (nSPS) is 11.1. The van der Waals surface area contributed by atoms with Gasteiger partial charge in [0, 0.05) is 7.05 Å². The van der Waals surface area contributed by atoms with Gasteiger partial charge in [-0.2, -0.15) is 0 Å². The highest BCUT2D eigenvalue weighted by Crippen LogP contribution is 2.16. The number of imidazole rings is 1. The Morgan fingerprint density at radius 3 is 2.56 bits per heavy atom. The smallest absolute Gasteiger partial charge is 0.295 e. The van der Waals surface area contributed by atoms with Crippen LogP contribution < -0.4 is 10.9 Å². The zero-order valence-corrected chi connectivity index (χ0v) is 14.2. The Labute approximate surface area is 144 Å². The molecule has 0 aliphatic rings. The molecule has 1 N–H and O–H groups in total. The Bertz CT molecular complexity index is 1090. The van der Waals surface area contributed by atoms with Gasteiger partial charge in [-0.25, -0.2) is 9.67 Å². The summed E-state index contributed by atoms with van der Waals surface area (Å²) < 4.78 is 5.53. The first-order valence-corrected chi connectivity index (χ1v) is 8.14. The predicted molar refractivity (Wildman–Crippen MR) is 99.1 cm³/mol. The third kappa shape index (κ3) is 2.52. The molecule has 2 heterocycles. The maximum absolute atomic E-state index is 12.9. The highest BCUT2D eigenvalue weighted by Gasteiger charge is 2.15. The molecule has 4 aromatic rings. The second-order valence-electron chi connectivity index (χ2n) is 5.97. The molecule has 0 radical (unpaired) electrons. The molecule has 0 fully saturated rings. The first kappa shape index (κ1) is 15.3. The Balaban J connectivity index is 1.69. The van der Waals surface area contributed by atoms with E-state index in [1.807, 2.05) is 77.8 Å². The summed E-state index contributed by atoms with van der Waals surface area (Å²) in [5.74, 6) is 0. The third-order valence-electron chi connectivity index (χ3n) is 4.51. The lowest BCUT2D eigenvalue weighted by molar-refractivity contribution is 0.630. The summed E-state index contributed by atoms with van der Waals surface area (Å²) in [4.78, 5) is 17.3. The number of hydrogen-bond donors (Lipinski definition) is 1. The molecule has 2 aromatic carbocycles. The minimum Gasteiger partial charge on any atom is -0.361 e. The van der Waals surface area contributed by atoms with Crippen molar-refractivity contribution in [1.82, 2.24) is 18.9 Å². The molecule has 0 atom stereocenters. The van der Waals surface area contributed by atoms with Crippen LogP contribution in [0.4, 0.5) is 5.69 Å². The average Bonchev–Trinajstić information content (AvgIpc) is 3.14. The molecule has 0 aliphatic heterocycles. The molecule has 25 heavy (non-hydrogen) atoms. The van der Waals surface area contributed by atoms with Crippen LogP contribution in [0.5, 0.6) is 0 Å². The quantitative estimate of drug-likeness (QED) is 0.625. The maximum atomic E-state index is 12.9. The minimum absolute atomic E-state index is 0.0596. The Kier molecular flexibility index (Phi) is 3.65. The van der Waals surface area contributed by atoms with E-state index in [2.05, 4.69) is 10.3 Å². The molecule has 6 nitrogen and oxygen atoms in total. The molecule has 6 heteroatoms. The highest BCUT2D eigenvalue weighted by molar-refractivity contribution is 5.75. The van der Waals surface area contributed by atoms with E-state index in [9.17, 15) is 4.79 Å². The molecule has 0 amide bonds. The Morgan fingerprint density at radius 1 is 1.04 bits per heavy atom. The lowest BCUT2D eigenvalue weighted by atomic mass is 10.3. The topological polar surface area (TPSA) is 56.8 Å². The van der Waals surface area contributed by atoms with Gasteiger partial charge in [-0.15, -0.1) is 0 Å². The Morgan fingerprint density at radius 2 is 1.76 bits per heavy atom. The van der Waals surface area contributed by atoms with Crippen LogP contribution in [0.25, 0.3) is 16.7 Å². The number of nitrogens with zero attached hydrogens (tertiary/aromatic N) is 4. The summed E-state index contributed by atoms with van der Waals surface area (Å²) in [6, 6.07) is 17.6. The highest BCUT2D eigenvalue weighted by atomic mass is 16.1. The Hall–Kier alpha value is -3.28. The molecule has 0 unspecified atom stereocenters. The molecule has 0 bridgehead atoms. The second-order valence-corrected chi connectivity index (χ2v) is 5.97. The van der Waals surface area contributed by atoms with Crippen LogP contribution >= 0.6 is 0 Å². The summed E-state index contributed by atoms with van der Waals surface area (Å²) in [6.07, 6.45) is 1.78. The van der Waals surface area contributed by atoms with E-state index in [0.717, 1.165) is 22.4 Å². The van der Waals surface area contributed by atoms with Crippen molar-refractivity contribution < 1.29 is 0 Å². The van der Waals surface area contributed by atoms with E-state index in [1.54, 1.807) is 11.0 Å². The predicted octanol–water partition coefficient (Wildman–Crippen LogP) is 2.90. The van der Waals surface area contributed by atoms with Gasteiger partial charge in [0.15, 0.2) is 0 Å². The molecule has 126 valence electrons. The van der Waals surface area contributed by atoms with E-state index in [1.165, 1.54) is 0 Å². The van der Waals surface area contributed by atoms with Gasteiger partial charge in [-0.1, -0.05) is 30.3 Å². The van der Waals surface area contributed by atoms with E-state index < -0.39 is 0 Å². The molecule has 4 rings (SSSR count). The zero-order valence-electron chi connectivity index (χ0n) is 14.2. The van der Waals surface area contributed by atoms with E-state index >= 15 is 0 Å². The van der Waals surface area contributed by atoms with Crippen LogP contribution in [0, 0.1) is 6.92 Å². The van der Waals surface area contributed by atoms with Crippen LogP contribution in [0.15, 0.2) is 65.7 Å². The first-order valence-electron chi connectivity index (χ1n) is 8.14. The summed E-state index contributed by atoms with van der Waals surface area (Å²) in [5.41, 5.74) is 4.25. The molecule has 0 saturated heterocycles. The number of hydrogen-bond acceptors (Lipinski definition) is 3. The number of nitrogens with one attached hydrogen (secondary N) is 1. The second kappa shape index (κ2) is 5.98. The van der Waals surface area contributed by atoms with Crippen LogP contribution in [-0.4, -0.2) is 18.9 Å².